The third-order valence-corrected chi connectivity index (χ3v) is 0. The summed E-state index contributed by atoms with van der Waals surface area (Å²) in [6.07, 6.45) is 4.08. The van der Waals surface area contributed by atoms with Crippen molar-refractivity contribution < 1.29 is 0 Å². The van der Waals surface area contributed by atoms with Crippen LogP contribution in [0.4, 0.5) is 0 Å². The molecular formula is C2H9BNS. The molecule has 31 valence electrons. The first-order valence-electron chi connectivity index (χ1n) is 0.816. The van der Waals surface area contributed by atoms with Crippen molar-refractivity contribution >= 4 is 20.2 Å². The van der Waals surface area contributed by atoms with Gasteiger partial charge in [0, 0.05) is 8.41 Å². The molecular weight excluding hydrogens is 80.9 g/mol. The Morgan fingerprint density at radius 3 is 1.20 bits per heavy atom. The molecule has 0 amide bonds. The zero-order chi connectivity index (χ0) is 2.71. The summed E-state index contributed by atoms with van der Waals surface area (Å²) in [5.74, 6) is 0. The van der Waals surface area contributed by atoms with Gasteiger partial charge >= 0.3 is 0 Å². The van der Waals surface area contributed by atoms with Crippen LogP contribution >= 0.6 is 11.8 Å². The molecule has 1 nitrogen and oxygen atoms in total. The van der Waals surface area contributed by atoms with E-state index in [4.69, 9.17) is 0 Å². The third kappa shape index (κ3) is 176. The van der Waals surface area contributed by atoms with Gasteiger partial charge in [0.05, 0.1) is 0 Å². The second-order valence-electron chi connectivity index (χ2n) is 0.408. The van der Waals surface area contributed by atoms with Crippen LogP contribution in [0.5, 0.6) is 0 Å². The lowest BCUT2D eigenvalue weighted by atomic mass is 10.8. The molecule has 0 aliphatic heterocycles. The summed E-state index contributed by atoms with van der Waals surface area (Å²) in [7, 11) is 0. The molecule has 5 heavy (non-hydrogen) atoms. The number of hydrogen-bond donors (Lipinski definition) is 1. The summed E-state index contributed by atoms with van der Waals surface area (Å²) in [6.45, 7) is 0. The van der Waals surface area contributed by atoms with Crippen molar-refractivity contribution in [1.29, 1.82) is 0 Å². The van der Waals surface area contributed by atoms with Crippen LogP contribution < -0.4 is 6.15 Å². The Bertz CT molecular complexity index is 9.61. The molecule has 0 aliphatic rings. The van der Waals surface area contributed by atoms with Crippen molar-refractivity contribution in [1.82, 2.24) is 6.15 Å². The minimum absolute atomic E-state index is 0. The first-order valence-corrected chi connectivity index (χ1v) is 2.45. The predicted octanol–water partition coefficient (Wildman–Crippen LogP) is 0.760. The highest BCUT2D eigenvalue weighted by molar-refractivity contribution is 7.97. The van der Waals surface area contributed by atoms with Gasteiger partial charge in [0.1, 0.15) is 0 Å². The molecule has 3 radical (unpaired) electrons. The molecule has 0 atom stereocenters. The lowest BCUT2D eigenvalue weighted by Gasteiger charge is -1.51. The maximum absolute atomic E-state index is 2.04. The maximum atomic E-state index is 2.04. The highest BCUT2D eigenvalue weighted by Crippen LogP contribution is 1.70. The van der Waals surface area contributed by atoms with Crippen molar-refractivity contribution in [3.63, 3.8) is 0 Å². The molecule has 0 rings (SSSR count). The van der Waals surface area contributed by atoms with Crippen LogP contribution in [0.25, 0.3) is 0 Å². The molecule has 0 spiro atoms. The Morgan fingerprint density at radius 1 is 1.20 bits per heavy atom. The average molecular weight is 90.0 g/mol. The number of hydrogen-bond acceptors (Lipinski definition) is 2. The van der Waals surface area contributed by atoms with Gasteiger partial charge in [0.2, 0.25) is 0 Å². The monoisotopic (exact) mass is 90.1 g/mol. The summed E-state index contributed by atoms with van der Waals surface area (Å²) in [5.41, 5.74) is 0. The SMILES string of the molecule is CSC.N.[B]. The van der Waals surface area contributed by atoms with E-state index in [1.165, 1.54) is 0 Å². The summed E-state index contributed by atoms with van der Waals surface area (Å²) in [6, 6.07) is 0. The molecule has 0 aromatic carbocycles. The number of thioether (sulfide) groups is 1. The highest BCUT2D eigenvalue weighted by Gasteiger charge is 1.32. The van der Waals surface area contributed by atoms with E-state index < -0.39 is 0 Å². The van der Waals surface area contributed by atoms with E-state index in [1.54, 1.807) is 11.8 Å². The Hall–Kier alpha value is 0.375. The smallest absolute Gasteiger partial charge is 0 e. The molecule has 0 saturated heterocycles. The second kappa shape index (κ2) is 26.4. The van der Waals surface area contributed by atoms with Gasteiger partial charge in [-0.1, -0.05) is 0 Å². The molecule has 3 N–H and O–H groups in total. The minimum Gasteiger partial charge on any atom is -0.344 e. The van der Waals surface area contributed by atoms with Crippen LogP contribution in [0.2, 0.25) is 0 Å². The predicted molar refractivity (Wildman–Crippen MR) is 30.2 cm³/mol. The van der Waals surface area contributed by atoms with Crippen molar-refractivity contribution in [3.8, 4) is 0 Å². The van der Waals surface area contributed by atoms with Crippen LogP contribution in [0.1, 0.15) is 0 Å². The van der Waals surface area contributed by atoms with Gasteiger partial charge in [-0.3, -0.25) is 0 Å². The van der Waals surface area contributed by atoms with Gasteiger partial charge in [-0.15, -0.1) is 0 Å². The third-order valence-electron chi connectivity index (χ3n) is 0. The van der Waals surface area contributed by atoms with Crippen molar-refractivity contribution in [2.24, 2.45) is 0 Å². The van der Waals surface area contributed by atoms with E-state index in [9.17, 15) is 0 Å². The van der Waals surface area contributed by atoms with Crippen molar-refractivity contribution in [2.75, 3.05) is 12.5 Å². The Morgan fingerprint density at radius 2 is 1.20 bits per heavy atom. The van der Waals surface area contributed by atoms with E-state index in [0.717, 1.165) is 0 Å². The largest absolute Gasteiger partial charge is 0.344 e. The van der Waals surface area contributed by atoms with Crippen LogP contribution in [-0.2, 0) is 0 Å². The van der Waals surface area contributed by atoms with Crippen molar-refractivity contribution in [2.45, 2.75) is 0 Å². The maximum Gasteiger partial charge on any atom is 0 e. The van der Waals surface area contributed by atoms with Gasteiger partial charge < -0.3 is 6.15 Å². The molecule has 0 unspecified atom stereocenters. The van der Waals surface area contributed by atoms with E-state index in [-0.39, 0.29) is 14.6 Å². The first-order chi connectivity index (χ1) is 1.41. The molecule has 0 aliphatic carbocycles. The normalized spacial score (nSPS) is 3.60. The van der Waals surface area contributed by atoms with Gasteiger partial charge in [0.15, 0.2) is 0 Å². The van der Waals surface area contributed by atoms with E-state index in [1.807, 2.05) is 12.5 Å². The van der Waals surface area contributed by atoms with Crippen molar-refractivity contribution in [3.05, 3.63) is 0 Å². The molecule has 0 heterocycles. The van der Waals surface area contributed by atoms with Gasteiger partial charge in [-0.25, -0.2) is 0 Å². The Balaban J connectivity index is -0.0000000200. The summed E-state index contributed by atoms with van der Waals surface area (Å²) in [5, 5.41) is 0. The van der Waals surface area contributed by atoms with E-state index in [0.29, 0.717) is 0 Å². The Kier molecular flexibility index (Phi) is 96.2. The fraction of sp³-hybridized carbons (Fsp3) is 1.00. The standard InChI is InChI=1S/C2H6S.B.H3N/c1-3-2;;/h1-2H3;;1H3. The molecule has 0 aromatic heterocycles. The van der Waals surface area contributed by atoms with Crippen LogP contribution in [0.3, 0.4) is 0 Å². The second-order valence-corrected chi connectivity index (χ2v) is 1.22. The lowest BCUT2D eigenvalue weighted by Crippen LogP contribution is -1.25. The zero-order valence-corrected chi connectivity index (χ0v) is 4.51. The minimum atomic E-state index is 0. The molecule has 0 bridgehead atoms. The molecule has 0 fully saturated rings. The first kappa shape index (κ1) is 18.2. The average Bonchev–Trinajstić information content (AvgIpc) is 0.918. The Labute approximate surface area is 39.7 Å². The fourth-order valence-corrected chi connectivity index (χ4v) is 0. The van der Waals surface area contributed by atoms with Gasteiger partial charge in [-0.2, -0.15) is 11.8 Å². The van der Waals surface area contributed by atoms with Gasteiger partial charge in [-0.05, 0) is 12.5 Å². The van der Waals surface area contributed by atoms with Crippen LogP contribution in [-0.4, -0.2) is 20.9 Å². The zero-order valence-electron chi connectivity index (χ0n) is 3.69. The van der Waals surface area contributed by atoms with E-state index in [2.05, 4.69) is 0 Å². The molecule has 3 heteroatoms. The molecule has 0 aromatic rings. The quantitative estimate of drug-likeness (QED) is 0.445. The van der Waals surface area contributed by atoms with Crippen LogP contribution in [0.15, 0.2) is 0 Å². The summed E-state index contributed by atoms with van der Waals surface area (Å²) in [4.78, 5) is 0. The summed E-state index contributed by atoms with van der Waals surface area (Å²) < 4.78 is 0. The summed E-state index contributed by atoms with van der Waals surface area (Å²) >= 11 is 1.75. The lowest BCUT2D eigenvalue weighted by molar-refractivity contribution is 2.13. The van der Waals surface area contributed by atoms with Gasteiger partial charge in [0.25, 0.3) is 0 Å². The molecule has 0 saturated carbocycles. The fourth-order valence-electron chi connectivity index (χ4n) is 0. The van der Waals surface area contributed by atoms with Crippen LogP contribution in [0, 0.1) is 0 Å². The van der Waals surface area contributed by atoms with E-state index >= 15 is 0 Å². The number of rotatable bonds is 0. The topological polar surface area (TPSA) is 35.0 Å². The highest BCUT2D eigenvalue weighted by atomic mass is 32.2.